The van der Waals surface area contributed by atoms with Gasteiger partial charge in [0.15, 0.2) is 0 Å². The Bertz CT molecular complexity index is 282. The minimum atomic E-state index is -0.999. The zero-order chi connectivity index (χ0) is 12.9. The third-order valence-electron chi connectivity index (χ3n) is 3.08. The summed E-state index contributed by atoms with van der Waals surface area (Å²) in [5.74, 6) is -0.615. The molecule has 1 aliphatic rings. The predicted octanol–water partition coefficient (Wildman–Crippen LogP) is 1.03. The normalized spacial score (nSPS) is 20.2. The SMILES string of the molecule is CC(C)(CC(=O)NCCC1CCOC1)C(=O)O. The van der Waals surface area contributed by atoms with Gasteiger partial charge in [0.05, 0.1) is 5.41 Å². The number of carbonyl (C=O) groups is 2. The highest BCUT2D eigenvalue weighted by Gasteiger charge is 2.30. The number of aliphatic carboxylic acids is 1. The third-order valence-corrected chi connectivity index (χ3v) is 3.08. The Morgan fingerprint density at radius 2 is 2.18 bits per heavy atom. The lowest BCUT2D eigenvalue weighted by molar-refractivity contribution is -0.149. The minimum Gasteiger partial charge on any atom is -0.481 e. The summed E-state index contributed by atoms with van der Waals surface area (Å²) in [4.78, 5) is 22.4. The van der Waals surface area contributed by atoms with Crippen LogP contribution in [0.5, 0.6) is 0 Å². The second-order valence-electron chi connectivity index (χ2n) is 5.23. The van der Waals surface area contributed by atoms with Gasteiger partial charge < -0.3 is 15.2 Å². The monoisotopic (exact) mass is 243 g/mol. The fourth-order valence-corrected chi connectivity index (χ4v) is 1.77. The summed E-state index contributed by atoms with van der Waals surface area (Å²) >= 11 is 0. The molecule has 0 aromatic carbocycles. The van der Waals surface area contributed by atoms with Crippen molar-refractivity contribution in [1.29, 1.82) is 0 Å². The molecular weight excluding hydrogens is 222 g/mol. The lowest BCUT2D eigenvalue weighted by Crippen LogP contribution is -2.34. The second-order valence-corrected chi connectivity index (χ2v) is 5.23. The third kappa shape index (κ3) is 4.73. The molecule has 0 spiro atoms. The van der Waals surface area contributed by atoms with Crippen molar-refractivity contribution in [1.82, 2.24) is 5.32 Å². The van der Waals surface area contributed by atoms with E-state index in [0.29, 0.717) is 12.5 Å². The van der Waals surface area contributed by atoms with Gasteiger partial charge in [0, 0.05) is 26.2 Å². The topological polar surface area (TPSA) is 75.6 Å². The Morgan fingerprint density at radius 3 is 2.71 bits per heavy atom. The van der Waals surface area contributed by atoms with Gasteiger partial charge in [-0.05, 0) is 32.6 Å². The van der Waals surface area contributed by atoms with Crippen LogP contribution < -0.4 is 5.32 Å². The lowest BCUT2D eigenvalue weighted by Gasteiger charge is -2.18. The average Bonchev–Trinajstić information content (AvgIpc) is 2.69. The summed E-state index contributed by atoms with van der Waals surface area (Å²) in [7, 11) is 0. The van der Waals surface area contributed by atoms with Crippen molar-refractivity contribution in [2.24, 2.45) is 11.3 Å². The first kappa shape index (κ1) is 14.0. The number of carboxylic acids is 1. The van der Waals surface area contributed by atoms with Crippen LogP contribution in [0, 0.1) is 11.3 Å². The molecular formula is C12H21NO4. The van der Waals surface area contributed by atoms with Gasteiger partial charge in [-0.15, -0.1) is 0 Å². The van der Waals surface area contributed by atoms with Gasteiger partial charge in [-0.2, -0.15) is 0 Å². The Kier molecular flexibility index (Phi) is 4.93. The Morgan fingerprint density at radius 1 is 1.47 bits per heavy atom. The van der Waals surface area contributed by atoms with Crippen LogP contribution in [0.3, 0.4) is 0 Å². The maximum Gasteiger partial charge on any atom is 0.309 e. The van der Waals surface area contributed by atoms with Crippen LogP contribution in [0.2, 0.25) is 0 Å². The van der Waals surface area contributed by atoms with Crippen molar-refractivity contribution >= 4 is 11.9 Å². The standard InChI is InChI=1S/C12H21NO4/c1-12(2,11(15)16)7-10(14)13-5-3-9-4-6-17-8-9/h9H,3-8H2,1-2H3,(H,13,14)(H,15,16). The lowest BCUT2D eigenvalue weighted by atomic mass is 9.89. The van der Waals surface area contributed by atoms with E-state index in [1.807, 2.05) is 0 Å². The molecule has 0 saturated carbocycles. The van der Waals surface area contributed by atoms with E-state index in [1.165, 1.54) is 0 Å². The van der Waals surface area contributed by atoms with Crippen molar-refractivity contribution in [3.05, 3.63) is 0 Å². The molecule has 0 bridgehead atoms. The largest absolute Gasteiger partial charge is 0.481 e. The molecule has 1 aliphatic heterocycles. The number of rotatable bonds is 6. The average molecular weight is 243 g/mol. The van der Waals surface area contributed by atoms with Gasteiger partial charge in [-0.25, -0.2) is 0 Å². The fraction of sp³-hybridized carbons (Fsp3) is 0.833. The first-order valence-corrected chi connectivity index (χ1v) is 5.99. The van der Waals surface area contributed by atoms with Crippen molar-refractivity contribution in [2.75, 3.05) is 19.8 Å². The molecule has 1 heterocycles. The number of nitrogens with one attached hydrogen (secondary N) is 1. The summed E-state index contributed by atoms with van der Waals surface area (Å²) in [6.07, 6.45) is 1.97. The summed E-state index contributed by atoms with van der Waals surface area (Å²) < 4.78 is 5.24. The van der Waals surface area contributed by atoms with Crippen molar-refractivity contribution in [3.8, 4) is 0 Å². The highest BCUT2D eigenvalue weighted by atomic mass is 16.5. The van der Waals surface area contributed by atoms with Crippen LogP contribution in [0.1, 0.15) is 33.1 Å². The van der Waals surface area contributed by atoms with E-state index in [2.05, 4.69) is 5.32 Å². The summed E-state index contributed by atoms with van der Waals surface area (Å²) in [5.41, 5.74) is -0.999. The summed E-state index contributed by atoms with van der Waals surface area (Å²) in [5, 5.41) is 11.7. The van der Waals surface area contributed by atoms with E-state index in [9.17, 15) is 9.59 Å². The maximum absolute atomic E-state index is 11.5. The molecule has 2 N–H and O–H groups in total. The Balaban J connectivity index is 2.18. The predicted molar refractivity (Wildman–Crippen MR) is 62.6 cm³/mol. The number of amides is 1. The van der Waals surface area contributed by atoms with E-state index in [-0.39, 0.29) is 12.3 Å². The number of hydrogen-bond acceptors (Lipinski definition) is 3. The van der Waals surface area contributed by atoms with Gasteiger partial charge in [-0.1, -0.05) is 0 Å². The molecule has 1 rings (SSSR count). The molecule has 0 aromatic heterocycles. The van der Waals surface area contributed by atoms with Gasteiger partial charge in [0.1, 0.15) is 0 Å². The molecule has 1 amide bonds. The zero-order valence-corrected chi connectivity index (χ0v) is 10.5. The molecule has 0 aromatic rings. The van der Waals surface area contributed by atoms with Crippen molar-refractivity contribution in [2.45, 2.75) is 33.1 Å². The molecule has 5 heteroatoms. The quantitative estimate of drug-likeness (QED) is 0.730. The van der Waals surface area contributed by atoms with Crippen LogP contribution in [0.15, 0.2) is 0 Å². The molecule has 1 unspecified atom stereocenters. The van der Waals surface area contributed by atoms with Crippen LogP contribution in [0.25, 0.3) is 0 Å². The molecule has 17 heavy (non-hydrogen) atoms. The van der Waals surface area contributed by atoms with Gasteiger partial charge in [0.25, 0.3) is 0 Å². The molecule has 5 nitrogen and oxygen atoms in total. The van der Waals surface area contributed by atoms with E-state index in [4.69, 9.17) is 9.84 Å². The summed E-state index contributed by atoms with van der Waals surface area (Å²) in [6.45, 7) is 5.29. The maximum atomic E-state index is 11.5. The Hall–Kier alpha value is -1.10. The first-order chi connectivity index (χ1) is 7.92. The highest BCUT2D eigenvalue weighted by molar-refractivity contribution is 5.84. The van der Waals surface area contributed by atoms with Crippen LogP contribution in [-0.4, -0.2) is 36.7 Å². The van der Waals surface area contributed by atoms with E-state index < -0.39 is 11.4 Å². The molecule has 0 radical (unpaired) electrons. The minimum absolute atomic E-state index is 0.0174. The smallest absolute Gasteiger partial charge is 0.309 e. The van der Waals surface area contributed by atoms with Gasteiger partial charge in [0.2, 0.25) is 5.91 Å². The number of carbonyl (C=O) groups excluding carboxylic acids is 1. The second kappa shape index (κ2) is 6.00. The van der Waals surface area contributed by atoms with Crippen LogP contribution in [-0.2, 0) is 14.3 Å². The zero-order valence-electron chi connectivity index (χ0n) is 10.5. The van der Waals surface area contributed by atoms with E-state index in [0.717, 1.165) is 26.1 Å². The van der Waals surface area contributed by atoms with Crippen LogP contribution in [0.4, 0.5) is 0 Å². The van der Waals surface area contributed by atoms with E-state index in [1.54, 1.807) is 13.8 Å². The summed E-state index contributed by atoms with van der Waals surface area (Å²) in [6, 6.07) is 0. The van der Waals surface area contributed by atoms with Crippen LogP contribution >= 0.6 is 0 Å². The molecule has 1 fully saturated rings. The first-order valence-electron chi connectivity index (χ1n) is 5.99. The van der Waals surface area contributed by atoms with E-state index >= 15 is 0 Å². The van der Waals surface area contributed by atoms with Crippen molar-refractivity contribution < 1.29 is 19.4 Å². The van der Waals surface area contributed by atoms with Gasteiger partial charge >= 0.3 is 5.97 Å². The van der Waals surface area contributed by atoms with Crippen molar-refractivity contribution in [3.63, 3.8) is 0 Å². The molecule has 98 valence electrons. The molecule has 1 atom stereocenters. The number of hydrogen-bond donors (Lipinski definition) is 2. The highest BCUT2D eigenvalue weighted by Crippen LogP contribution is 2.20. The number of ether oxygens (including phenoxy) is 1. The fourth-order valence-electron chi connectivity index (χ4n) is 1.77. The molecule has 0 aliphatic carbocycles. The van der Waals surface area contributed by atoms with Gasteiger partial charge in [-0.3, -0.25) is 9.59 Å². The number of carboxylic acid groups (broad SMARTS) is 1. The molecule has 1 saturated heterocycles. The Labute approximate surface area is 102 Å².